The molecule has 104 valence electrons. The predicted molar refractivity (Wildman–Crippen MR) is 66.8 cm³/mol. The van der Waals surface area contributed by atoms with Crippen molar-refractivity contribution in [3.8, 4) is 0 Å². The zero-order valence-corrected chi connectivity index (χ0v) is 11.0. The quantitative estimate of drug-likeness (QED) is 0.860. The Morgan fingerprint density at radius 2 is 1.89 bits per heavy atom. The van der Waals surface area contributed by atoms with Gasteiger partial charge in [0.2, 0.25) is 0 Å². The molecule has 2 aliphatic rings. The summed E-state index contributed by atoms with van der Waals surface area (Å²) in [6.07, 6.45) is -0.449. The van der Waals surface area contributed by atoms with Crippen LogP contribution in [0.5, 0.6) is 0 Å². The Kier molecular flexibility index (Phi) is 3.05. The standard InChI is InChI=1S/C13H14F3NOS/c14-13(15,16)10-2-1-5-17-11(10)12(18)6-8-3-4-9(7-12)19-8/h1-2,5,8-9,18H,3-4,6-7H2. The lowest BCUT2D eigenvalue weighted by Gasteiger charge is -2.36. The lowest BCUT2D eigenvalue weighted by atomic mass is 9.87. The van der Waals surface area contributed by atoms with Gasteiger partial charge < -0.3 is 5.11 Å². The van der Waals surface area contributed by atoms with E-state index in [0.717, 1.165) is 18.9 Å². The Labute approximate surface area is 113 Å². The Bertz CT molecular complexity index is 479. The molecule has 0 saturated carbocycles. The monoisotopic (exact) mass is 289 g/mol. The summed E-state index contributed by atoms with van der Waals surface area (Å²) in [6, 6.07) is 2.27. The van der Waals surface area contributed by atoms with Crippen LogP contribution in [0.25, 0.3) is 0 Å². The fraction of sp³-hybridized carbons (Fsp3) is 0.615. The van der Waals surface area contributed by atoms with Crippen molar-refractivity contribution in [2.45, 2.75) is 48.0 Å². The lowest BCUT2D eigenvalue weighted by Crippen LogP contribution is -2.37. The molecule has 19 heavy (non-hydrogen) atoms. The minimum absolute atomic E-state index is 0.195. The second-order valence-electron chi connectivity index (χ2n) is 5.29. The van der Waals surface area contributed by atoms with E-state index in [1.807, 2.05) is 0 Å². The van der Waals surface area contributed by atoms with Crippen molar-refractivity contribution in [1.29, 1.82) is 0 Å². The number of hydrogen-bond donors (Lipinski definition) is 1. The molecule has 2 fully saturated rings. The van der Waals surface area contributed by atoms with Gasteiger partial charge in [-0.25, -0.2) is 0 Å². The number of nitrogens with zero attached hydrogens (tertiary/aromatic N) is 1. The van der Waals surface area contributed by atoms with Crippen LogP contribution in [0.4, 0.5) is 13.2 Å². The number of hydrogen-bond acceptors (Lipinski definition) is 3. The summed E-state index contributed by atoms with van der Waals surface area (Å²) >= 11 is 1.79. The van der Waals surface area contributed by atoms with E-state index in [-0.39, 0.29) is 16.2 Å². The molecule has 0 aliphatic carbocycles. The maximum absolute atomic E-state index is 13.0. The molecule has 1 aromatic rings. The van der Waals surface area contributed by atoms with E-state index in [0.29, 0.717) is 12.8 Å². The molecule has 2 saturated heterocycles. The first-order valence-electron chi connectivity index (χ1n) is 6.29. The van der Waals surface area contributed by atoms with Gasteiger partial charge in [-0.2, -0.15) is 24.9 Å². The molecule has 0 radical (unpaired) electrons. The van der Waals surface area contributed by atoms with E-state index < -0.39 is 17.3 Å². The molecular formula is C13H14F3NOS. The number of fused-ring (bicyclic) bond motifs is 2. The lowest BCUT2D eigenvalue weighted by molar-refractivity contribution is -0.141. The van der Waals surface area contributed by atoms with Crippen LogP contribution in [-0.2, 0) is 11.8 Å². The minimum Gasteiger partial charge on any atom is -0.383 e. The van der Waals surface area contributed by atoms with Gasteiger partial charge in [0.05, 0.1) is 11.3 Å². The van der Waals surface area contributed by atoms with Crippen molar-refractivity contribution in [3.63, 3.8) is 0 Å². The molecule has 1 aromatic heterocycles. The number of pyridine rings is 1. The highest BCUT2D eigenvalue weighted by atomic mass is 32.2. The van der Waals surface area contributed by atoms with E-state index in [4.69, 9.17) is 0 Å². The second kappa shape index (κ2) is 4.38. The molecular weight excluding hydrogens is 275 g/mol. The third-order valence-corrected chi connectivity index (χ3v) is 5.45. The fourth-order valence-corrected chi connectivity index (χ4v) is 4.95. The largest absolute Gasteiger partial charge is 0.418 e. The first-order valence-corrected chi connectivity index (χ1v) is 7.23. The molecule has 2 nitrogen and oxygen atoms in total. The van der Waals surface area contributed by atoms with E-state index in [1.54, 1.807) is 11.8 Å². The highest BCUT2D eigenvalue weighted by Gasteiger charge is 2.48. The molecule has 2 atom stereocenters. The SMILES string of the molecule is OC1(c2ncccc2C(F)(F)F)CC2CCC(C1)S2. The molecule has 6 heteroatoms. The summed E-state index contributed by atoms with van der Waals surface area (Å²) < 4.78 is 39.1. The van der Waals surface area contributed by atoms with Crippen molar-refractivity contribution < 1.29 is 18.3 Å². The molecule has 1 N–H and O–H groups in total. The van der Waals surface area contributed by atoms with E-state index >= 15 is 0 Å². The van der Waals surface area contributed by atoms with Crippen LogP contribution in [0.2, 0.25) is 0 Å². The minimum atomic E-state index is -4.47. The number of aromatic nitrogens is 1. The molecule has 2 bridgehead atoms. The van der Waals surface area contributed by atoms with E-state index in [2.05, 4.69) is 4.98 Å². The van der Waals surface area contributed by atoms with E-state index in [1.165, 1.54) is 12.3 Å². The zero-order valence-electron chi connectivity index (χ0n) is 10.2. The van der Waals surface area contributed by atoms with Gasteiger partial charge in [-0.05, 0) is 37.8 Å². The molecule has 0 amide bonds. The third-order valence-electron chi connectivity index (χ3n) is 3.88. The maximum Gasteiger partial charge on any atom is 0.418 e. The van der Waals surface area contributed by atoms with Crippen LogP contribution in [0, 0.1) is 0 Å². The average Bonchev–Trinajstić information content (AvgIpc) is 2.68. The Morgan fingerprint density at radius 1 is 1.26 bits per heavy atom. The topological polar surface area (TPSA) is 33.1 Å². The van der Waals surface area contributed by atoms with Crippen LogP contribution in [0.15, 0.2) is 18.3 Å². The van der Waals surface area contributed by atoms with Crippen LogP contribution in [0.3, 0.4) is 0 Å². The highest BCUT2D eigenvalue weighted by Crippen LogP contribution is 2.52. The molecule has 3 heterocycles. The Balaban J connectivity index is 2.02. The zero-order chi connectivity index (χ0) is 13.7. The van der Waals surface area contributed by atoms with Crippen molar-refractivity contribution in [3.05, 3.63) is 29.6 Å². The maximum atomic E-state index is 13.0. The first kappa shape index (κ1) is 13.2. The number of thioether (sulfide) groups is 1. The summed E-state index contributed by atoms with van der Waals surface area (Å²) in [7, 11) is 0. The van der Waals surface area contributed by atoms with Gasteiger partial charge in [-0.3, -0.25) is 4.98 Å². The van der Waals surface area contributed by atoms with Crippen molar-refractivity contribution in [1.82, 2.24) is 4.98 Å². The number of halogens is 3. The smallest absolute Gasteiger partial charge is 0.383 e. The summed E-state index contributed by atoms with van der Waals surface area (Å²) in [4.78, 5) is 3.86. The average molecular weight is 289 g/mol. The summed E-state index contributed by atoms with van der Waals surface area (Å²) in [6.45, 7) is 0. The number of alkyl halides is 3. The van der Waals surface area contributed by atoms with Crippen molar-refractivity contribution in [2.24, 2.45) is 0 Å². The van der Waals surface area contributed by atoms with Gasteiger partial charge in [0.15, 0.2) is 0 Å². The third kappa shape index (κ3) is 2.36. The van der Waals surface area contributed by atoms with Gasteiger partial charge in [0, 0.05) is 16.7 Å². The highest BCUT2D eigenvalue weighted by molar-refractivity contribution is 8.00. The first-order chi connectivity index (χ1) is 8.88. The number of aliphatic hydroxyl groups is 1. The summed E-state index contributed by atoms with van der Waals surface area (Å²) in [5.74, 6) is 0. The normalized spacial score (nSPS) is 34.5. The summed E-state index contributed by atoms with van der Waals surface area (Å²) in [5.41, 5.74) is -2.42. The van der Waals surface area contributed by atoms with Gasteiger partial charge in [-0.1, -0.05) is 0 Å². The Morgan fingerprint density at radius 3 is 2.47 bits per heavy atom. The van der Waals surface area contributed by atoms with Crippen LogP contribution < -0.4 is 0 Å². The molecule has 0 aromatic carbocycles. The van der Waals surface area contributed by atoms with Gasteiger partial charge in [0.25, 0.3) is 0 Å². The van der Waals surface area contributed by atoms with Crippen molar-refractivity contribution in [2.75, 3.05) is 0 Å². The van der Waals surface area contributed by atoms with Gasteiger partial charge in [-0.15, -0.1) is 0 Å². The molecule has 2 unspecified atom stereocenters. The van der Waals surface area contributed by atoms with Crippen molar-refractivity contribution >= 4 is 11.8 Å². The van der Waals surface area contributed by atoms with Crippen LogP contribution in [0.1, 0.15) is 36.9 Å². The number of rotatable bonds is 1. The molecule has 2 aliphatic heterocycles. The van der Waals surface area contributed by atoms with E-state index in [9.17, 15) is 18.3 Å². The Hall–Kier alpha value is -0.750. The van der Waals surface area contributed by atoms with Gasteiger partial charge in [0.1, 0.15) is 5.60 Å². The fourth-order valence-electron chi connectivity index (χ4n) is 3.12. The van der Waals surface area contributed by atoms with Crippen LogP contribution in [-0.4, -0.2) is 20.6 Å². The summed E-state index contributed by atoms with van der Waals surface area (Å²) in [5, 5.41) is 11.2. The second-order valence-corrected chi connectivity index (χ2v) is 6.90. The molecule has 0 spiro atoms. The van der Waals surface area contributed by atoms with Gasteiger partial charge >= 0.3 is 6.18 Å². The molecule has 3 rings (SSSR count). The predicted octanol–water partition coefficient (Wildman–Crippen LogP) is 3.35. The van der Waals surface area contributed by atoms with Crippen LogP contribution >= 0.6 is 11.8 Å².